The van der Waals surface area contributed by atoms with E-state index < -0.39 is 24.5 Å². The number of rotatable bonds is 6. The smallest absolute Gasteiger partial charge is 0.405 e. The molecule has 7 nitrogen and oxygen atoms in total. The molecule has 0 saturated carbocycles. The summed E-state index contributed by atoms with van der Waals surface area (Å²) in [4.78, 5) is 24.9. The molecule has 4 aromatic rings. The Morgan fingerprint density at radius 2 is 1.40 bits per heavy atom. The average Bonchev–Trinajstić information content (AvgIpc) is 3.33. The molecule has 10 heteroatoms. The Balaban J connectivity index is 1.46. The van der Waals surface area contributed by atoms with Gasteiger partial charge in [0.15, 0.2) is 0 Å². The predicted octanol–water partition coefficient (Wildman–Crippen LogP) is 5.26. The lowest BCUT2D eigenvalue weighted by Crippen LogP contribution is -2.34. The lowest BCUT2D eigenvalue weighted by atomic mass is 10.1. The van der Waals surface area contributed by atoms with Crippen LogP contribution in [0.2, 0.25) is 0 Å². The van der Waals surface area contributed by atoms with Crippen molar-refractivity contribution in [2.75, 3.05) is 11.9 Å². The van der Waals surface area contributed by atoms with Crippen molar-refractivity contribution in [2.45, 2.75) is 13.1 Å². The van der Waals surface area contributed by atoms with Crippen LogP contribution in [0.15, 0.2) is 77.2 Å². The second-order valence-corrected chi connectivity index (χ2v) is 7.65. The molecule has 2 N–H and O–H groups in total. The molecule has 1 aromatic heterocycles. The fourth-order valence-corrected chi connectivity index (χ4v) is 3.18. The number of hydrogen-bond donors (Lipinski definition) is 2. The van der Waals surface area contributed by atoms with Crippen LogP contribution in [0.25, 0.3) is 22.9 Å². The zero-order valence-corrected chi connectivity index (χ0v) is 18.4. The number of para-hydroxylation sites is 1. The summed E-state index contributed by atoms with van der Waals surface area (Å²) in [7, 11) is 0. The summed E-state index contributed by atoms with van der Waals surface area (Å²) >= 11 is 0. The Bertz CT molecular complexity index is 1350. The number of alkyl halides is 3. The minimum absolute atomic E-state index is 0.0842. The summed E-state index contributed by atoms with van der Waals surface area (Å²) in [6.45, 7) is 0.499. The molecule has 0 bridgehead atoms. The van der Waals surface area contributed by atoms with Crippen molar-refractivity contribution in [1.82, 2.24) is 15.5 Å². The fraction of sp³-hybridized carbons (Fsp3) is 0.120. The van der Waals surface area contributed by atoms with Gasteiger partial charge in [-0.1, -0.05) is 29.8 Å². The third-order valence-corrected chi connectivity index (χ3v) is 4.99. The molecule has 2 amide bonds. The number of aromatic nitrogens is 2. The fourth-order valence-electron chi connectivity index (χ4n) is 3.18. The number of hydrogen-bond acceptors (Lipinski definition) is 5. The van der Waals surface area contributed by atoms with Crippen LogP contribution in [0.4, 0.5) is 18.9 Å². The third kappa shape index (κ3) is 5.91. The van der Waals surface area contributed by atoms with Crippen LogP contribution < -0.4 is 10.6 Å². The Hall–Kier alpha value is -4.47. The quantitative estimate of drug-likeness (QED) is 0.393. The third-order valence-electron chi connectivity index (χ3n) is 4.99. The van der Waals surface area contributed by atoms with Crippen LogP contribution in [-0.2, 0) is 0 Å². The van der Waals surface area contributed by atoms with E-state index in [2.05, 4.69) is 15.5 Å². The standard InChI is InChI=1S/C25H19F3N4O3/c1-15-6-8-17(9-7-15)23-31-32-24(35-23)18-12-10-16(11-13-18)21(33)30-20-5-3-2-4-19(20)22(34)29-14-25(26,27)28/h2-13H,14H2,1H3,(H,29,34)(H,30,33). The van der Waals surface area contributed by atoms with Crippen LogP contribution in [0.3, 0.4) is 0 Å². The van der Waals surface area contributed by atoms with E-state index in [0.717, 1.165) is 11.1 Å². The number of carbonyl (C=O) groups excluding carboxylic acids is 2. The summed E-state index contributed by atoms with van der Waals surface area (Å²) in [6.07, 6.45) is -4.55. The first kappa shape index (κ1) is 23.7. The van der Waals surface area contributed by atoms with Gasteiger partial charge in [-0.15, -0.1) is 10.2 Å². The van der Waals surface area contributed by atoms with Crippen molar-refractivity contribution in [3.05, 3.63) is 89.5 Å². The van der Waals surface area contributed by atoms with Gasteiger partial charge >= 0.3 is 6.18 Å². The highest BCUT2D eigenvalue weighted by atomic mass is 19.4. The van der Waals surface area contributed by atoms with Gasteiger partial charge in [0, 0.05) is 16.7 Å². The number of aryl methyl sites for hydroxylation is 1. The molecule has 178 valence electrons. The molecule has 0 saturated heterocycles. The van der Waals surface area contributed by atoms with Gasteiger partial charge in [0.25, 0.3) is 11.8 Å². The summed E-state index contributed by atoms with van der Waals surface area (Å²) in [5.41, 5.74) is 2.74. The molecule has 0 unspecified atom stereocenters. The predicted molar refractivity (Wildman–Crippen MR) is 123 cm³/mol. The van der Waals surface area contributed by atoms with Crippen molar-refractivity contribution in [1.29, 1.82) is 0 Å². The largest absolute Gasteiger partial charge is 0.416 e. The maximum Gasteiger partial charge on any atom is 0.405 e. The number of carbonyl (C=O) groups is 2. The number of halogens is 3. The highest BCUT2D eigenvalue weighted by molar-refractivity contribution is 6.09. The zero-order chi connectivity index (χ0) is 25.0. The van der Waals surface area contributed by atoms with Gasteiger partial charge in [0.1, 0.15) is 6.54 Å². The lowest BCUT2D eigenvalue weighted by molar-refractivity contribution is -0.123. The van der Waals surface area contributed by atoms with E-state index in [1.165, 1.54) is 30.3 Å². The molecule has 3 aromatic carbocycles. The maximum atomic E-state index is 12.7. The molecule has 1 heterocycles. The monoisotopic (exact) mass is 480 g/mol. The Kier molecular flexibility index (Phi) is 6.63. The number of nitrogens with one attached hydrogen (secondary N) is 2. The topological polar surface area (TPSA) is 97.1 Å². The number of anilines is 1. The molecular formula is C25H19F3N4O3. The van der Waals surface area contributed by atoms with Crippen LogP contribution in [0.1, 0.15) is 26.3 Å². The Morgan fingerprint density at radius 1 is 0.829 bits per heavy atom. The molecule has 0 spiro atoms. The summed E-state index contributed by atoms with van der Waals surface area (Å²) in [6, 6.07) is 19.7. The van der Waals surface area contributed by atoms with Crippen molar-refractivity contribution in [2.24, 2.45) is 0 Å². The maximum absolute atomic E-state index is 12.7. The molecule has 4 rings (SSSR count). The van der Waals surface area contributed by atoms with Crippen LogP contribution >= 0.6 is 0 Å². The second-order valence-electron chi connectivity index (χ2n) is 7.65. The first-order valence-electron chi connectivity index (χ1n) is 10.5. The summed E-state index contributed by atoms with van der Waals surface area (Å²) < 4.78 is 43.0. The van der Waals surface area contributed by atoms with Gasteiger partial charge in [-0.3, -0.25) is 9.59 Å². The number of nitrogens with zero attached hydrogens (tertiary/aromatic N) is 2. The van der Waals surface area contributed by atoms with E-state index in [4.69, 9.17) is 4.42 Å². The first-order chi connectivity index (χ1) is 16.7. The van der Waals surface area contributed by atoms with Gasteiger partial charge in [-0.05, 0) is 55.5 Å². The van der Waals surface area contributed by atoms with E-state index in [-0.39, 0.29) is 22.7 Å². The van der Waals surface area contributed by atoms with E-state index in [1.807, 2.05) is 31.2 Å². The summed E-state index contributed by atoms with van der Waals surface area (Å²) in [5, 5.41) is 12.5. The molecule has 0 aliphatic rings. The molecule has 0 radical (unpaired) electrons. The second kappa shape index (κ2) is 9.80. The van der Waals surface area contributed by atoms with Crippen LogP contribution in [-0.4, -0.2) is 34.7 Å². The molecule has 35 heavy (non-hydrogen) atoms. The lowest BCUT2D eigenvalue weighted by Gasteiger charge is -2.12. The minimum Gasteiger partial charge on any atom is -0.416 e. The van der Waals surface area contributed by atoms with E-state index >= 15 is 0 Å². The van der Waals surface area contributed by atoms with Gasteiger partial charge in [0.2, 0.25) is 11.8 Å². The van der Waals surface area contributed by atoms with Crippen molar-refractivity contribution < 1.29 is 27.2 Å². The highest BCUT2D eigenvalue weighted by Gasteiger charge is 2.28. The SMILES string of the molecule is Cc1ccc(-c2nnc(-c3ccc(C(=O)Nc4ccccc4C(=O)NCC(F)(F)F)cc3)o2)cc1. The number of amides is 2. The summed E-state index contributed by atoms with van der Waals surface area (Å²) in [5.74, 6) is -0.853. The van der Waals surface area contributed by atoms with E-state index in [9.17, 15) is 22.8 Å². The zero-order valence-electron chi connectivity index (χ0n) is 18.4. The van der Waals surface area contributed by atoms with Crippen LogP contribution in [0.5, 0.6) is 0 Å². The molecular weight excluding hydrogens is 461 g/mol. The normalized spacial score (nSPS) is 11.2. The molecule has 0 atom stereocenters. The first-order valence-corrected chi connectivity index (χ1v) is 10.5. The van der Waals surface area contributed by atoms with Gasteiger partial charge < -0.3 is 15.1 Å². The van der Waals surface area contributed by atoms with Gasteiger partial charge in [0.05, 0.1) is 11.3 Å². The highest BCUT2D eigenvalue weighted by Crippen LogP contribution is 2.25. The molecule has 0 fully saturated rings. The minimum atomic E-state index is -4.55. The van der Waals surface area contributed by atoms with E-state index in [1.54, 1.807) is 23.5 Å². The molecule has 0 aliphatic heterocycles. The van der Waals surface area contributed by atoms with Gasteiger partial charge in [-0.2, -0.15) is 13.2 Å². The van der Waals surface area contributed by atoms with E-state index in [0.29, 0.717) is 11.5 Å². The van der Waals surface area contributed by atoms with Gasteiger partial charge in [-0.25, -0.2) is 0 Å². The van der Waals surface area contributed by atoms with Crippen molar-refractivity contribution in [3.63, 3.8) is 0 Å². The molecule has 0 aliphatic carbocycles. The number of benzene rings is 3. The Labute approximate surface area is 198 Å². The van der Waals surface area contributed by atoms with Crippen LogP contribution in [0, 0.1) is 6.92 Å². The Morgan fingerprint density at radius 3 is 2.00 bits per heavy atom. The van der Waals surface area contributed by atoms with Crippen molar-refractivity contribution >= 4 is 17.5 Å². The van der Waals surface area contributed by atoms with Crippen molar-refractivity contribution in [3.8, 4) is 22.9 Å². The average molecular weight is 480 g/mol.